The van der Waals surface area contributed by atoms with Crippen LogP contribution in [0.4, 0.5) is 10.2 Å². The number of imidazole rings is 1. The fourth-order valence-corrected chi connectivity index (χ4v) is 4.38. The van der Waals surface area contributed by atoms with E-state index in [1.807, 2.05) is 30.3 Å². The molecule has 0 bridgehead atoms. The predicted molar refractivity (Wildman–Crippen MR) is 130 cm³/mol. The summed E-state index contributed by atoms with van der Waals surface area (Å²) in [6, 6.07) is 13.1. The highest BCUT2D eigenvalue weighted by atomic mass is 19.1. The van der Waals surface area contributed by atoms with Crippen LogP contribution in [0, 0.1) is 5.82 Å². The quantitative estimate of drug-likeness (QED) is 0.435. The van der Waals surface area contributed by atoms with Crippen LogP contribution < -0.4 is 5.32 Å². The number of nitrogens with one attached hydrogen (secondary N) is 1. The van der Waals surface area contributed by atoms with Crippen molar-refractivity contribution in [1.82, 2.24) is 24.3 Å². The summed E-state index contributed by atoms with van der Waals surface area (Å²) >= 11 is 0. The van der Waals surface area contributed by atoms with Gasteiger partial charge in [0.25, 0.3) is 0 Å². The van der Waals surface area contributed by atoms with Crippen LogP contribution in [-0.2, 0) is 13.0 Å². The minimum Gasteiger partial charge on any atom is -0.392 e. The van der Waals surface area contributed by atoms with E-state index in [-0.39, 0.29) is 18.5 Å². The molecule has 0 radical (unpaired) electrons. The van der Waals surface area contributed by atoms with Crippen molar-refractivity contribution < 1.29 is 9.50 Å². The lowest BCUT2D eigenvalue weighted by Gasteiger charge is -2.36. The predicted octanol–water partition coefficient (Wildman–Crippen LogP) is 4.06. The second kappa shape index (κ2) is 9.61. The molecule has 7 nitrogen and oxygen atoms in total. The third-order valence-electron chi connectivity index (χ3n) is 6.19. The number of anilines is 1. The first kappa shape index (κ1) is 22.0. The summed E-state index contributed by atoms with van der Waals surface area (Å²) in [5, 5.41) is 12.8. The van der Waals surface area contributed by atoms with Crippen LogP contribution in [0.25, 0.3) is 17.2 Å². The Bertz CT molecular complexity index is 1300. The summed E-state index contributed by atoms with van der Waals surface area (Å²) < 4.78 is 15.4. The molecule has 0 saturated carbocycles. The molecule has 34 heavy (non-hydrogen) atoms. The largest absolute Gasteiger partial charge is 0.392 e. The Morgan fingerprint density at radius 1 is 1.12 bits per heavy atom. The summed E-state index contributed by atoms with van der Waals surface area (Å²) in [6.07, 6.45) is 7.63. The third kappa shape index (κ3) is 4.77. The van der Waals surface area contributed by atoms with Crippen LogP contribution in [0.1, 0.15) is 24.0 Å². The maximum absolute atomic E-state index is 13.7. The molecule has 0 spiro atoms. The highest BCUT2D eigenvalue weighted by Gasteiger charge is 2.21. The summed E-state index contributed by atoms with van der Waals surface area (Å²) in [6.45, 7) is 6.20. The molecule has 3 aromatic heterocycles. The molecule has 1 aromatic carbocycles. The number of likely N-dealkylation sites (tertiary alicyclic amines) is 1. The zero-order valence-corrected chi connectivity index (χ0v) is 18.9. The van der Waals surface area contributed by atoms with E-state index < -0.39 is 0 Å². The fourth-order valence-electron chi connectivity index (χ4n) is 4.38. The standard InChI is InChI=1S/C26H27FN6O/c1-18(13-19-4-6-20(17-34)7-5-19)32-12-2-3-22(16-32)30-24-10-11-28-26(31-24)23-14-29-25-9-8-21(27)15-33(23)25/h4-11,14-15,22,34H,1-3,12-13,16-17H2,(H,28,30,31)/t22-/m1/s1. The molecule has 0 amide bonds. The summed E-state index contributed by atoms with van der Waals surface area (Å²) in [7, 11) is 0. The lowest BCUT2D eigenvalue weighted by atomic mass is 10.0. The summed E-state index contributed by atoms with van der Waals surface area (Å²) in [5.74, 6) is 0.882. The molecule has 1 aliphatic rings. The first-order valence-corrected chi connectivity index (χ1v) is 11.4. The number of fused-ring (bicyclic) bond motifs is 1. The van der Waals surface area contributed by atoms with Gasteiger partial charge < -0.3 is 15.3 Å². The van der Waals surface area contributed by atoms with Gasteiger partial charge in [-0.25, -0.2) is 19.3 Å². The SMILES string of the molecule is C=C(Cc1ccc(CO)cc1)N1CCC[C@@H](Nc2ccnc(-c3cnc4ccc(F)cn34)n2)C1. The van der Waals surface area contributed by atoms with Gasteiger partial charge in [0.05, 0.1) is 12.8 Å². The smallest absolute Gasteiger partial charge is 0.180 e. The van der Waals surface area contributed by atoms with E-state index in [1.54, 1.807) is 22.9 Å². The van der Waals surface area contributed by atoms with Crippen molar-refractivity contribution in [3.8, 4) is 11.5 Å². The molecule has 5 rings (SSSR count). The zero-order chi connectivity index (χ0) is 23.5. The van der Waals surface area contributed by atoms with E-state index in [9.17, 15) is 9.50 Å². The van der Waals surface area contributed by atoms with Gasteiger partial charge in [-0.3, -0.25) is 4.40 Å². The maximum Gasteiger partial charge on any atom is 0.180 e. The van der Waals surface area contributed by atoms with E-state index in [0.717, 1.165) is 49.4 Å². The van der Waals surface area contributed by atoms with E-state index in [2.05, 4.69) is 31.7 Å². The van der Waals surface area contributed by atoms with Crippen LogP contribution in [0.15, 0.2) is 73.3 Å². The van der Waals surface area contributed by atoms with Gasteiger partial charge >= 0.3 is 0 Å². The van der Waals surface area contributed by atoms with E-state index in [4.69, 9.17) is 0 Å². The molecule has 0 aliphatic carbocycles. The maximum atomic E-state index is 13.7. The van der Waals surface area contributed by atoms with Gasteiger partial charge in [0.1, 0.15) is 23.0 Å². The third-order valence-corrected chi connectivity index (χ3v) is 6.19. The fraction of sp³-hybridized carbons (Fsp3) is 0.269. The molecular formula is C26H27FN6O. The van der Waals surface area contributed by atoms with Gasteiger partial charge in [-0.1, -0.05) is 30.8 Å². The number of hydrogen-bond donors (Lipinski definition) is 2. The van der Waals surface area contributed by atoms with Crippen LogP contribution in [0.5, 0.6) is 0 Å². The number of pyridine rings is 1. The second-order valence-corrected chi connectivity index (χ2v) is 8.63. The Labute approximate surface area is 197 Å². The van der Waals surface area contributed by atoms with Gasteiger partial charge in [0, 0.05) is 43.6 Å². The topological polar surface area (TPSA) is 78.6 Å². The molecule has 8 heteroatoms. The van der Waals surface area contributed by atoms with Gasteiger partial charge in [0.15, 0.2) is 5.82 Å². The first-order chi connectivity index (χ1) is 16.6. The Balaban J connectivity index is 1.26. The van der Waals surface area contributed by atoms with Crippen molar-refractivity contribution in [2.24, 2.45) is 0 Å². The molecule has 174 valence electrons. The normalized spacial score (nSPS) is 16.1. The van der Waals surface area contributed by atoms with Crippen LogP contribution in [0.2, 0.25) is 0 Å². The van der Waals surface area contributed by atoms with Crippen molar-refractivity contribution in [2.75, 3.05) is 18.4 Å². The van der Waals surface area contributed by atoms with E-state index >= 15 is 0 Å². The number of nitrogens with zero attached hydrogens (tertiary/aromatic N) is 5. The van der Waals surface area contributed by atoms with Gasteiger partial charge in [-0.15, -0.1) is 0 Å². The molecule has 0 unspecified atom stereocenters. The summed E-state index contributed by atoms with van der Waals surface area (Å²) in [4.78, 5) is 15.7. The Morgan fingerprint density at radius 2 is 1.94 bits per heavy atom. The molecule has 2 N–H and O–H groups in total. The highest BCUT2D eigenvalue weighted by molar-refractivity contribution is 5.58. The number of aliphatic hydroxyl groups excluding tert-OH is 1. The Kier molecular flexibility index (Phi) is 6.22. The van der Waals surface area contributed by atoms with Gasteiger partial charge in [-0.05, 0) is 42.2 Å². The van der Waals surface area contributed by atoms with E-state index in [1.165, 1.54) is 17.8 Å². The number of halogens is 1. The van der Waals surface area contributed by atoms with Crippen molar-refractivity contribution >= 4 is 11.5 Å². The molecule has 1 aliphatic heterocycles. The number of hydrogen-bond acceptors (Lipinski definition) is 6. The average molecular weight is 459 g/mol. The zero-order valence-electron chi connectivity index (χ0n) is 18.9. The minimum absolute atomic E-state index is 0.0552. The van der Waals surface area contributed by atoms with Crippen molar-refractivity contribution in [2.45, 2.75) is 31.9 Å². The molecular weight excluding hydrogens is 431 g/mol. The van der Waals surface area contributed by atoms with Crippen LogP contribution >= 0.6 is 0 Å². The van der Waals surface area contributed by atoms with Crippen molar-refractivity contribution in [1.29, 1.82) is 0 Å². The van der Waals surface area contributed by atoms with Gasteiger partial charge in [-0.2, -0.15) is 0 Å². The highest BCUT2D eigenvalue weighted by Crippen LogP contribution is 2.22. The number of benzene rings is 1. The number of piperidine rings is 1. The monoisotopic (exact) mass is 458 g/mol. The average Bonchev–Trinajstić information content (AvgIpc) is 3.28. The minimum atomic E-state index is -0.340. The number of aliphatic hydroxyl groups is 1. The Hall–Kier alpha value is -3.78. The molecule has 1 atom stereocenters. The van der Waals surface area contributed by atoms with Gasteiger partial charge in [0.2, 0.25) is 0 Å². The first-order valence-electron chi connectivity index (χ1n) is 11.4. The lowest BCUT2D eigenvalue weighted by Crippen LogP contribution is -2.41. The Morgan fingerprint density at radius 3 is 2.76 bits per heavy atom. The molecule has 4 heterocycles. The molecule has 1 fully saturated rings. The molecule has 1 saturated heterocycles. The van der Waals surface area contributed by atoms with Crippen LogP contribution in [0.3, 0.4) is 0 Å². The van der Waals surface area contributed by atoms with Crippen molar-refractivity contribution in [3.05, 3.63) is 90.3 Å². The number of rotatable bonds is 7. The number of allylic oxidation sites excluding steroid dienone is 1. The van der Waals surface area contributed by atoms with E-state index in [0.29, 0.717) is 17.2 Å². The number of aromatic nitrogens is 4. The summed E-state index contributed by atoms with van der Waals surface area (Å²) in [5.41, 5.74) is 4.46. The second-order valence-electron chi connectivity index (χ2n) is 8.63. The lowest BCUT2D eigenvalue weighted by molar-refractivity contribution is 0.265. The molecule has 4 aromatic rings. The van der Waals surface area contributed by atoms with Crippen molar-refractivity contribution in [3.63, 3.8) is 0 Å². The van der Waals surface area contributed by atoms with Crippen LogP contribution in [-0.4, -0.2) is 48.5 Å².